The third-order valence-corrected chi connectivity index (χ3v) is 32.7. The molecule has 12 atom stereocenters. The lowest BCUT2D eigenvalue weighted by molar-refractivity contribution is -0.0590. The highest BCUT2D eigenvalue weighted by Crippen LogP contribution is 2.47. The van der Waals surface area contributed by atoms with Gasteiger partial charge in [0, 0.05) is 133 Å². The average molecular weight is 1940 g/mol. The number of aliphatic hydroxyl groups is 4. The van der Waals surface area contributed by atoms with Gasteiger partial charge in [-0.15, -0.1) is 45.3 Å². The number of carbonyl (C=O) groups excluding carboxylic acids is 8. The lowest BCUT2D eigenvalue weighted by Crippen LogP contribution is -2.42. The van der Waals surface area contributed by atoms with Crippen molar-refractivity contribution in [2.24, 2.45) is 0 Å². The van der Waals surface area contributed by atoms with E-state index < -0.39 is 30.4 Å². The first kappa shape index (κ1) is 98.9. The Labute approximate surface area is 809 Å². The van der Waals surface area contributed by atoms with Crippen LogP contribution in [0.3, 0.4) is 0 Å². The first-order chi connectivity index (χ1) is 65.3. The summed E-state index contributed by atoms with van der Waals surface area (Å²) in [5.41, 5.74) is 8.41. The highest BCUT2D eigenvalue weighted by atomic mass is 32.1. The van der Waals surface area contributed by atoms with E-state index in [4.69, 9.17) is 9.47 Å². The van der Waals surface area contributed by atoms with E-state index in [1.165, 1.54) is 45.3 Å². The molecule has 12 N–H and O–H groups in total. The van der Waals surface area contributed by atoms with Gasteiger partial charge in [0.05, 0.1) is 75.8 Å². The minimum absolute atomic E-state index is 0.0623. The summed E-state index contributed by atoms with van der Waals surface area (Å²) >= 11 is 4.88. The zero-order valence-electron chi connectivity index (χ0n) is 79.8. The van der Waals surface area contributed by atoms with Crippen LogP contribution in [0.1, 0.15) is 307 Å². The van der Waals surface area contributed by atoms with Crippen molar-refractivity contribution in [3.05, 3.63) is 114 Å². The van der Waals surface area contributed by atoms with Gasteiger partial charge in [-0.1, -0.05) is 20.8 Å². The number of ether oxygens (including phenoxy) is 2. The molecule has 11 aliphatic rings. The summed E-state index contributed by atoms with van der Waals surface area (Å²) in [4.78, 5) is 153. The number of anilines is 4. The van der Waals surface area contributed by atoms with Crippen molar-refractivity contribution in [2.75, 3.05) is 47.6 Å². The van der Waals surface area contributed by atoms with Gasteiger partial charge < -0.3 is 92.0 Å². The molecule has 17 heterocycles. The molecule has 9 aliphatic heterocycles. The van der Waals surface area contributed by atoms with Gasteiger partial charge in [-0.25, -0.2) is 39.9 Å². The summed E-state index contributed by atoms with van der Waals surface area (Å²) in [6, 6.07) is 9.72. The molecule has 19 rings (SSSR count). The van der Waals surface area contributed by atoms with E-state index >= 15 is 0 Å². The Morgan fingerprint density at radius 2 is 0.743 bits per heavy atom. The predicted octanol–water partition coefficient (Wildman–Crippen LogP) is 13.3. The number of aromatic nitrogens is 8. The highest BCUT2D eigenvalue weighted by Gasteiger charge is 2.49. The number of nitrogens with zero attached hydrogens (tertiary/aromatic N) is 12. The maximum absolute atomic E-state index is 13.8. The van der Waals surface area contributed by atoms with Gasteiger partial charge in [0.2, 0.25) is 0 Å². The van der Waals surface area contributed by atoms with Crippen LogP contribution >= 0.6 is 45.3 Å². The number of aliphatic hydroxyl groups excluding tert-OH is 4. The SMILES string of the molecule is CC[C@@H](C)Nc1cc(C)c(-c2sc(C(=O)N[C@@H]3CO[C@@H](O)C3)nc2C(=O)N2C3CCC2CC3)cn1.CC[C@@H](C)Nc1cc(C)c(-c2sc(C(=O)N[C@H]3CC[C@H](O)C3)nc2C(=O)N2C3CCC2CC3)cn1.CC[C@@H](C)Nc1cc(C)c(-c2sc(C(=O)N[C@H]3COC[C@@H]3O)nc2C(=O)N2C3CCC2CC3)cn1.Cc1cc(NC(C)C)ncc1-c1sc(C(=O)N[C@@H]2C[C@H]2O)nc1C(=O)N1CCC[C@@H]1C. The van der Waals surface area contributed by atoms with Crippen LogP contribution in [-0.2, 0) is 9.47 Å². The molecule has 8 aromatic rings. The highest BCUT2D eigenvalue weighted by molar-refractivity contribution is 7.18. The fourth-order valence-corrected chi connectivity index (χ4v) is 24.2. The molecule has 136 heavy (non-hydrogen) atoms. The molecule has 0 unspecified atom stereocenters. The number of aryl methyl sites for hydroxylation is 4. The second-order valence-corrected chi connectivity index (χ2v) is 42.9. The van der Waals surface area contributed by atoms with E-state index in [2.05, 4.69) is 124 Å². The van der Waals surface area contributed by atoms with E-state index in [9.17, 15) is 58.8 Å². The van der Waals surface area contributed by atoms with Crippen LogP contribution in [0.2, 0.25) is 0 Å². The smallest absolute Gasteiger partial charge is 0.280 e. The van der Waals surface area contributed by atoms with Crippen LogP contribution in [-0.4, -0.2) is 269 Å². The number of nitrogens with one attached hydrogen (secondary N) is 8. The molecule has 38 heteroatoms. The van der Waals surface area contributed by atoms with Gasteiger partial charge in [0.25, 0.3) is 47.3 Å². The Bertz CT molecular complexity index is 5490. The molecule has 8 amide bonds. The topological polar surface area (TPSA) is 448 Å². The lowest BCUT2D eigenvalue weighted by Gasteiger charge is -2.21. The Morgan fingerprint density at radius 3 is 1.03 bits per heavy atom. The maximum Gasteiger partial charge on any atom is 0.280 e. The lowest BCUT2D eigenvalue weighted by atomic mass is 10.0. The number of thiazole rings is 4. The zero-order valence-corrected chi connectivity index (χ0v) is 83.1. The van der Waals surface area contributed by atoms with Gasteiger partial charge in [-0.2, -0.15) is 0 Å². The molecule has 0 radical (unpaired) electrons. The number of hydrogen-bond donors (Lipinski definition) is 12. The van der Waals surface area contributed by atoms with E-state index in [1.54, 1.807) is 24.8 Å². The summed E-state index contributed by atoms with van der Waals surface area (Å²) in [5, 5.41) is 64.9. The molecule has 0 aromatic carbocycles. The average Bonchev–Trinajstić information content (AvgIpc) is 1.61. The van der Waals surface area contributed by atoms with Crippen LogP contribution in [0.25, 0.3) is 41.8 Å². The van der Waals surface area contributed by atoms with Crippen molar-refractivity contribution >= 4 is 116 Å². The van der Waals surface area contributed by atoms with Crippen molar-refractivity contribution in [1.29, 1.82) is 0 Å². The number of fused-ring (bicyclic) bond motifs is 6. The maximum atomic E-state index is 13.8. The van der Waals surface area contributed by atoms with Crippen LogP contribution in [0.5, 0.6) is 0 Å². The number of carbonyl (C=O) groups is 8. The number of amides is 8. The Morgan fingerprint density at radius 1 is 0.404 bits per heavy atom. The largest absolute Gasteiger partial charge is 0.393 e. The van der Waals surface area contributed by atoms with Crippen LogP contribution in [0.4, 0.5) is 23.3 Å². The molecular weight excluding hydrogens is 1810 g/mol. The van der Waals surface area contributed by atoms with E-state index in [-0.39, 0.29) is 154 Å². The van der Waals surface area contributed by atoms with Gasteiger partial charge >= 0.3 is 0 Å². The fraction of sp³-hybridized carbons (Fsp3) is 0.592. The fourth-order valence-electron chi connectivity index (χ4n) is 20.1. The molecule has 2 saturated carbocycles. The van der Waals surface area contributed by atoms with Gasteiger partial charge in [-0.3, -0.25) is 38.4 Å². The quantitative estimate of drug-likeness (QED) is 0.0227. The minimum atomic E-state index is -0.869. The molecule has 8 aromatic heterocycles. The van der Waals surface area contributed by atoms with Crippen LogP contribution in [0.15, 0.2) is 49.1 Å². The first-order valence-electron chi connectivity index (χ1n) is 48.7. The standard InChI is InChI=1S/C26H35N5O3S.2C25H33N5O4S.C22H29N5O3S/c1-4-15(3)28-21-11-14(2)20(13-27-21)23-22(26(34)31-17-6-7-18(31)9-8-17)30-25(35-23)24(33)29-16-5-10-19(32)12-16;1-4-14(3)27-19-9-13(2)18(11-26-19)22-21(25(33)30-16-5-6-17(30)8-7-16)29-24(35-22)23(32)28-15-10-20(31)34-12-15;1-4-14(3)27-20-9-13(2)17(10-26-20)22-21(25(33)30-15-5-6-16(30)8-7-15)29-24(35-22)23(32)28-18-11-34-12-19(18)31;1-11(2)24-17-8-12(3)14(10-23-17)19-18(22(30)27-7-5-6-13(27)4)26-21(31-19)20(29)25-15-9-16(15)28/h11,13,15-19,32H,4-10,12H2,1-3H3,(H,27,28)(H,29,33);9,11,14-17,20,31H,4-8,10,12H2,1-3H3,(H,26,27)(H,28,32);9-10,14-16,18-19,31H,4-8,11-12H2,1-3H3,(H,26,27)(H,28,32);8,10-11,13,15-16,28H,5-7,9H2,1-4H3,(H,23,24)(H,25,29)/t15-,16+,17?,18?,19+;14-,15+,16?,17?,20-;14-,15?,16?,18+,19+;13-,15+,16+/m1110/s1. The number of likely N-dealkylation sites (tertiary alicyclic amines) is 1. The van der Waals surface area contributed by atoms with Crippen molar-refractivity contribution in [3.8, 4) is 41.8 Å². The van der Waals surface area contributed by atoms with Crippen molar-refractivity contribution in [3.63, 3.8) is 0 Å². The third kappa shape index (κ3) is 22.2. The Kier molecular flexibility index (Phi) is 31.3. The van der Waals surface area contributed by atoms with Crippen molar-refractivity contribution < 1.29 is 68.3 Å². The number of hydrogen-bond acceptors (Lipinski definition) is 30. The molecule has 9 saturated heterocycles. The summed E-state index contributed by atoms with van der Waals surface area (Å²) in [6.07, 6.45) is 24.8. The summed E-state index contributed by atoms with van der Waals surface area (Å²) in [7, 11) is 0. The minimum Gasteiger partial charge on any atom is -0.393 e. The number of rotatable bonds is 27. The molecule has 34 nitrogen and oxygen atoms in total. The molecule has 6 bridgehead atoms. The van der Waals surface area contributed by atoms with E-state index in [1.807, 2.05) is 92.3 Å². The second-order valence-electron chi connectivity index (χ2n) is 38.9. The molecule has 730 valence electrons. The zero-order chi connectivity index (χ0) is 96.4. The third-order valence-electron chi connectivity index (χ3n) is 28.3. The van der Waals surface area contributed by atoms with Gasteiger partial charge in [-0.05, 0) is 251 Å². The monoisotopic (exact) mass is 1940 g/mol. The number of pyridine rings is 4. The molecule has 11 fully saturated rings. The van der Waals surface area contributed by atoms with Gasteiger partial charge in [0.15, 0.2) is 26.3 Å². The van der Waals surface area contributed by atoms with Crippen LogP contribution in [0, 0.1) is 27.7 Å². The summed E-state index contributed by atoms with van der Waals surface area (Å²) < 4.78 is 10.4. The Balaban J connectivity index is 0.000000132. The van der Waals surface area contributed by atoms with E-state index in [0.717, 1.165) is 183 Å². The first-order valence-corrected chi connectivity index (χ1v) is 51.9. The van der Waals surface area contributed by atoms with Crippen molar-refractivity contribution in [2.45, 2.75) is 346 Å². The molecular formula is C98H130N20O14S4. The Hall–Kier alpha value is -10.2. The second kappa shape index (κ2) is 43.1. The predicted molar refractivity (Wildman–Crippen MR) is 524 cm³/mol. The van der Waals surface area contributed by atoms with E-state index in [0.29, 0.717) is 92.6 Å². The summed E-state index contributed by atoms with van der Waals surface area (Å²) in [5.74, 6) is 1.31. The summed E-state index contributed by atoms with van der Waals surface area (Å²) in [6.45, 7) is 28.1. The molecule has 0 spiro atoms. The van der Waals surface area contributed by atoms with Crippen molar-refractivity contribution in [1.82, 2.24) is 80.7 Å². The normalized spacial score (nSPS) is 25.4. The molecule has 2 aliphatic carbocycles. The van der Waals surface area contributed by atoms with Crippen LogP contribution < -0.4 is 42.5 Å². The van der Waals surface area contributed by atoms with Gasteiger partial charge in [0.1, 0.15) is 46.0 Å².